The first-order valence-corrected chi connectivity index (χ1v) is 6.01. The van der Waals surface area contributed by atoms with E-state index < -0.39 is 0 Å². The first kappa shape index (κ1) is 15.6. The number of nitrogen functional groups attached to an aromatic ring is 1. The zero-order valence-corrected chi connectivity index (χ0v) is 11.8. The van der Waals surface area contributed by atoms with Crippen LogP contribution in [0.25, 0.3) is 0 Å². The van der Waals surface area contributed by atoms with E-state index in [-0.39, 0.29) is 30.3 Å². The van der Waals surface area contributed by atoms with E-state index in [1.807, 2.05) is 6.92 Å². The van der Waals surface area contributed by atoms with Gasteiger partial charge < -0.3 is 20.5 Å². The van der Waals surface area contributed by atoms with Crippen molar-refractivity contribution in [1.82, 2.24) is 0 Å². The fraction of sp³-hybridized carbons (Fsp3) is 0.462. The number of halogens is 1. The van der Waals surface area contributed by atoms with Crippen LogP contribution in [-0.2, 0) is 9.53 Å². The lowest BCUT2D eigenvalue weighted by atomic mass is 10.2. The van der Waals surface area contributed by atoms with Gasteiger partial charge in [0.2, 0.25) is 5.91 Å². The molecule has 0 radical (unpaired) electrons. The second-order valence-electron chi connectivity index (χ2n) is 4.28. The third-order valence-corrected chi connectivity index (χ3v) is 2.97. The summed E-state index contributed by atoms with van der Waals surface area (Å²) in [6, 6.07) is 5.18. The number of ether oxygens (including phenoxy) is 2. The van der Waals surface area contributed by atoms with Crippen molar-refractivity contribution in [1.29, 1.82) is 0 Å². The van der Waals surface area contributed by atoms with Crippen molar-refractivity contribution in [3.8, 4) is 5.75 Å². The van der Waals surface area contributed by atoms with Crippen LogP contribution in [0.4, 0.5) is 11.4 Å². The van der Waals surface area contributed by atoms with Gasteiger partial charge in [-0.1, -0.05) is 0 Å². The Morgan fingerprint density at radius 2 is 2.26 bits per heavy atom. The van der Waals surface area contributed by atoms with Crippen LogP contribution in [0.5, 0.6) is 5.75 Å². The Hall–Kier alpha value is -1.46. The molecule has 2 rings (SSSR count). The Morgan fingerprint density at radius 1 is 1.53 bits per heavy atom. The largest absolute Gasteiger partial charge is 0.497 e. The predicted molar refractivity (Wildman–Crippen MR) is 76.8 cm³/mol. The number of benzene rings is 1. The summed E-state index contributed by atoms with van der Waals surface area (Å²) in [5, 5.41) is 2.81. The number of amides is 1. The molecule has 2 atom stereocenters. The summed E-state index contributed by atoms with van der Waals surface area (Å²) in [4.78, 5) is 11.9. The van der Waals surface area contributed by atoms with Crippen LogP contribution in [-0.4, -0.2) is 25.7 Å². The summed E-state index contributed by atoms with van der Waals surface area (Å²) in [5.41, 5.74) is 6.92. The van der Waals surface area contributed by atoms with Gasteiger partial charge in [0.15, 0.2) is 0 Å². The highest BCUT2D eigenvalue weighted by molar-refractivity contribution is 5.97. The number of nitrogens with one attached hydrogen (secondary N) is 1. The van der Waals surface area contributed by atoms with Crippen LogP contribution < -0.4 is 15.8 Å². The van der Waals surface area contributed by atoms with Crippen molar-refractivity contribution in [3.63, 3.8) is 0 Å². The molecular formula is C13H19ClN2O3. The molecule has 0 saturated heterocycles. The minimum absolute atomic E-state index is 0. The Labute approximate surface area is 118 Å². The van der Waals surface area contributed by atoms with Crippen LogP contribution in [0.1, 0.15) is 13.3 Å². The van der Waals surface area contributed by atoms with Gasteiger partial charge in [0.1, 0.15) is 5.75 Å². The molecule has 1 aliphatic carbocycles. The number of nitrogens with two attached hydrogens (primary N) is 1. The molecule has 0 aromatic heterocycles. The molecule has 0 spiro atoms. The number of hydrogen-bond acceptors (Lipinski definition) is 4. The van der Waals surface area contributed by atoms with Crippen molar-refractivity contribution in [2.24, 2.45) is 5.92 Å². The first-order valence-electron chi connectivity index (χ1n) is 6.01. The highest BCUT2D eigenvalue weighted by Crippen LogP contribution is 2.35. The molecule has 5 nitrogen and oxygen atoms in total. The zero-order chi connectivity index (χ0) is 13.1. The van der Waals surface area contributed by atoms with Gasteiger partial charge in [0, 0.05) is 12.7 Å². The van der Waals surface area contributed by atoms with Crippen molar-refractivity contribution < 1.29 is 14.3 Å². The summed E-state index contributed by atoms with van der Waals surface area (Å²) in [5.74, 6) is 0.556. The van der Waals surface area contributed by atoms with E-state index in [1.165, 1.54) is 0 Å². The highest BCUT2D eigenvalue weighted by Gasteiger charge is 2.44. The molecule has 0 heterocycles. The lowest BCUT2D eigenvalue weighted by Crippen LogP contribution is -2.17. The summed E-state index contributed by atoms with van der Waals surface area (Å²) in [7, 11) is 1.57. The molecule has 19 heavy (non-hydrogen) atoms. The highest BCUT2D eigenvalue weighted by atomic mass is 35.5. The number of carbonyl (C=O) groups excluding carboxylic acids is 1. The third kappa shape index (κ3) is 3.75. The van der Waals surface area contributed by atoms with E-state index in [9.17, 15) is 4.79 Å². The topological polar surface area (TPSA) is 73.6 Å². The Morgan fingerprint density at radius 3 is 2.89 bits per heavy atom. The minimum Gasteiger partial charge on any atom is -0.497 e. The van der Waals surface area contributed by atoms with Crippen molar-refractivity contribution in [2.75, 3.05) is 24.8 Å². The van der Waals surface area contributed by atoms with E-state index in [4.69, 9.17) is 15.2 Å². The second-order valence-corrected chi connectivity index (χ2v) is 4.28. The molecule has 1 aromatic rings. The number of rotatable bonds is 5. The van der Waals surface area contributed by atoms with Gasteiger partial charge in [0.25, 0.3) is 0 Å². The average Bonchev–Trinajstić information content (AvgIpc) is 3.12. The van der Waals surface area contributed by atoms with E-state index >= 15 is 0 Å². The summed E-state index contributed by atoms with van der Waals surface area (Å²) < 4.78 is 10.5. The average molecular weight is 287 g/mol. The monoisotopic (exact) mass is 286 g/mol. The van der Waals surface area contributed by atoms with Gasteiger partial charge in [-0.05, 0) is 25.5 Å². The van der Waals surface area contributed by atoms with Crippen molar-refractivity contribution in [2.45, 2.75) is 19.4 Å². The van der Waals surface area contributed by atoms with Crippen LogP contribution in [0.15, 0.2) is 18.2 Å². The lowest BCUT2D eigenvalue weighted by molar-refractivity contribution is -0.118. The molecule has 0 aliphatic heterocycles. The quantitative estimate of drug-likeness (QED) is 0.813. The molecule has 1 amide bonds. The molecule has 3 N–H and O–H groups in total. The number of carbonyl (C=O) groups is 1. The molecule has 1 saturated carbocycles. The maximum absolute atomic E-state index is 11.9. The smallest absolute Gasteiger partial charge is 0.230 e. The van der Waals surface area contributed by atoms with Crippen LogP contribution in [0.3, 0.4) is 0 Å². The molecule has 106 valence electrons. The summed E-state index contributed by atoms with van der Waals surface area (Å²) >= 11 is 0. The van der Waals surface area contributed by atoms with Gasteiger partial charge in [-0.25, -0.2) is 0 Å². The number of anilines is 2. The lowest BCUT2D eigenvalue weighted by Gasteiger charge is -2.09. The maximum Gasteiger partial charge on any atom is 0.230 e. The summed E-state index contributed by atoms with van der Waals surface area (Å²) in [6.07, 6.45) is 0.839. The third-order valence-electron chi connectivity index (χ3n) is 2.97. The first-order chi connectivity index (χ1) is 8.65. The Bertz CT molecular complexity index is 454. The van der Waals surface area contributed by atoms with Crippen molar-refractivity contribution in [3.05, 3.63) is 18.2 Å². The van der Waals surface area contributed by atoms with E-state index in [2.05, 4.69) is 5.32 Å². The molecule has 1 aliphatic rings. The molecule has 6 heteroatoms. The molecule has 1 aromatic carbocycles. The van der Waals surface area contributed by atoms with Crippen molar-refractivity contribution >= 4 is 29.7 Å². The van der Waals surface area contributed by atoms with Gasteiger partial charge in [-0.15, -0.1) is 12.4 Å². The fourth-order valence-electron chi connectivity index (χ4n) is 1.84. The van der Waals surface area contributed by atoms with Gasteiger partial charge in [-0.3, -0.25) is 4.79 Å². The molecule has 1 fully saturated rings. The van der Waals surface area contributed by atoms with E-state index in [0.717, 1.165) is 6.42 Å². The van der Waals surface area contributed by atoms with E-state index in [1.54, 1.807) is 25.3 Å². The minimum atomic E-state index is -0.0597. The zero-order valence-electron chi connectivity index (χ0n) is 11.0. The molecule has 0 bridgehead atoms. The Balaban J connectivity index is 0.00000180. The Kier molecular flexibility index (Phi) is 5.44. The fourth-order valence-corrected chi connectivity index (χ4v) is 1.84. The van der Waals surface area contributed by atoms with Gasteiger partial charge >= 0.3 is 0 Å². The molecular weight excluding hydrogens is 268 g/mol. The normalized spacial score (nSPS) is 20.3. The van der Waals surface area contributed by atoms with Gasteiger partial charge in [-0.2, -0.15) is 0 Å². The number of methoxy groups -OCH3 is 1. The van der Waals surface area contributed by atoms with Crippen LogP contribution >= 0.6 is 12.4 Å². The van der Waals surface area contributed by atoms with Crippen LogP contribution in [0.2, 0.25) is 0 Å². The standard InChI is InChI=1S/C13H18N2O3.ClH/c1-3-18-12-7-9(12)13(16)15-11-6-8(17-2)4-5-10(11)14;/h4-6,9,12H,3,7,14H2,1-2H3,(H,15,16);1H. The van der Waals surface area contributed by atoms with E-state index in [0.29, 0.717) is 23.7 Å². The number of hydrogen-bond donors (Lipinski definition) is 2. The predicted octanol–water partition coefficient (Wildman–Crippen LogP) is 2.06. The maximum atomic E-state index is 11.9. The van der Waals surface area contributed by atoms with Gasteiger partial charge in [0.05, 0.1) is 30.5 Å². The van der Waals surface area contributed by atoms with Crippen LogP contribution in [0, 0.1) is 5.92 Å². The second kappa shape index (κ2) is 6.63. The summed E-state index contributed by atoms with van der Waals surface area (Å²) in [6.45, 7) is 2.56. The SMILES string of the molecule is CCOC1CC1C(=O)Nc1cc(OC)ccc1N.Cl. The molecule has 2 unspecified atom stereocenters.